The van der Waals surface area contributed by atoms with E-state index in [1.165, 1.54) is 0 Å². The van der Waals surface area contributed by atoms with E-state index >= 15 is 0 Å². The van der Waals surface area contributed by atoms with Crippen LogP contribution in [0.15, 0.2) is 59.2 Å². The number of nitrogens with one attached hydrogen (secondary N) is 2. The van der Waals surface area contributed by atoms with Crippen LogP contribution >= 0.6 is 15.9 Å². The van der Waals surface area contributed by atoms with Gasteiger partial charge >= 0.3 is 6.18 Å². The second-order valence-corrected chi connectivity index (χ2v) is 7.00. The third-order valence-electron chi connectivity index (χ3n) is 3.76. The van der Waals surface area contributed by atoms with E-state index in [-0.39, 0.29) is 11.8 Å². The van der Waals surface area contributed by atoms with Crippen LogP contribution in [0.4, 0.5) is 36.3 Å². The third kappa shape index (κ3) is 5.83. The van der Waals surface area contributed by atoms with Crippen LogP contribution in [0.2, 0.25) is 0 Å². The molecule has 0 aliphatic rings. The molecule has 2 aromatic carbocycles. The molecule has 1 heterocycles. The molecule has 0 atom stereocenters. The Hall–Kier alpha value is -2.81. The Kier molecular flexibility index (Phi) is 6.58. The lowest BCUT2D eigenvalue weighted by Crippen LogP contribution is -2.12. The van der Waals surface area contributed by atoms with Gasteiger partial charge in [0.05, 0.1) is 6.61 Å². The zero-order valence-electron chi connectivity index (χ0n) is 15.4. The van der Waals surface area contributed by atoms with Gasteiger partial charge in [0.15, 0.2) is 0 Å². The van der Waals surface area contributed by atoms with Crippen LogP contribution < -0.4 is 15.4 Å². The molecule has 0 bridgehead atoms. The number of rotatable bonds is 7. The van der Waals surface area contributed by atoms with Crippen LogP contribution in [0, 0.1) is 0 Å². The van der Waals surface area contributed by atoms with Crippen molar-refractivity contribution in [3.8, 4) is 5.75 Å². The van der Waals surface area contributed by atoms with Gasteiger partial charge in [-0.3, -0.25) is 0 Å². The SMILES string of the molecule is CCCOc1cccc(Nc2nc(Nc3ccc(Br)cc3)ncc2C(F)(F)F)c1. The topological polar surface area (TPSA) is 59.1 Å². The van der Waals surface area contributed by atoms with Crippen molar-refractivity contribution in [1.82, 2.24) is 9.97 Å². The maximum atomic E-state index is 13.4. The molecular formula is C20H18BrF3N4O. The largest absolute Gasteiger partial charge is 0.494 e. The summed E-state index contributed by atoms with van der Waals surface area (Å²) in [6, 6.07) is 13.8. The molecule has 1 aromatic heterocycles. The first-order valence-electron chi connectivity index (χ1n) is 8.82. The van der Waals surface area contributed by atoms with Crippen LogP contribution in [-0.4, -0.2) is 16.6 Å². The van der Waals surface area contributed by atoms with E-state index < -0.39 is 11.7 Å². The maximum absolute atomic E-state index is 13.4. The minimum Gasteiger partial charge on any atom is -0.494 e. The molecule has 0 spiro atoms. The van der Waals surface area contributed by atoms with Crippen molar-refractivity contribution in [2.75, 3.05) is 17.2 Å². The van der Waals surface area contributed by atoms with Gasteiger partial charge in [0.25, 0.3) is 0 Å². The molecule has 0 fully saturated rings. The Morgan fingerprint density at radius 3 is 2.48 bits per heavy atom. The van der Waals surface area contributed by atoms with Crippen LogP contribution in [0.3, 0.4) is 0 Å². The molecule has 0 aliphatic carbocycles. The Bertz CT molecular complexity index is 965. The average molecular weight is 467 g/mol. The van der Waals surface area contributed by atoms with Crippen LogP contribution in [0.1, 0.15) is 18.9 Å². The molecule has 0 unspecified atom stereocenters. The van der Waals surface area contributed by atoms with Gasteiger partial charge in [-0.15, -0.1) is 0 Å². The van der Waals surface area contributed by atoms with E-state index in [9.17, 15) is 13.2 Å². The smallest absolute Gasteiger partial charge is 0.421 e. The van der Waals surface area contributed by atoms with E-state index in [0.29, 0.717) is 23.7 Å². The number of alkyl halides is 3. The molecule has 0 amide bonds. The van der Waals surface area contributed by atoms with Crippen LogP contribution in [0.5, 0.6) is 5.75 Å². The van der Waals surface area contributed by atoms with E-state index in [1.807, 2.05) is 6.92 Å². The number of hydrogen-bond acceptors (Lipinski definition) is 5. The number of nitrogens with zero attached hydrogens (tertiary/aromatic N) is 2. The number of hydrogen-bond donors (Lipinski definition) is 2. The van der Waals surface area contributed by atoms with Crippen molar-refractivity contribution in [1.29, 1.82) is 0 Å². The predicted octanol–water partition coefficient (Wildman–Crippen LogP) is 6.53. The van der Waals surface area contributed by atoms with Gasteiger partial charge in [-0.2, -0.15) is 18.2 Å². The number of halogens is 4. The molecule has 152 valence electrons. The zero-order valence-corrected chi connectivity index (χ0v) is 17.0. The lowest BCUT2D eigenvalue weighted by molar-refractivity contribution is -0.137. The second-order valence-electron chi connectivity index (χ2n) is 6.09. The molecule has 0 saturated carbocycles. The highest BCUT2D eigenvalue weighted by molar-refractivity contribution is 9.10. The quantitative estimate of drug-likeness (QED) is 0.414. The Balaban J connectivity index is 1.89. The average Bonchev–Trinajstić information content (AvgIpc) is 2.68. The highest BCUT2D eigenvalue weighted by Crippen LogP contribution is 2.35. The first kappa shape index (κ1) is 20.9. The van der Waals surface area contributed by atoms with Crippen molar-refractivity contribution >= 4 is 39.1 Å². The fourth-order valence-corrected chi connectivity index (χ4v) is 2.69. The van der Waals surface area contributed by atoms with E-state index in [2.05, 4.69) is 36.5 Å². The van der Waals surface area contributed by atoms with Gasteiger partial charge in [0.2, 0.25) is 5.95 Å². The summed E-state index contributed by atoms with van der Waals surface area (Å²) in [7, 11) is 0. The molecule has 9 heteroatoms. The molecule has 5 nitrogen and oxygen atoms in total. The summed E-state index contributed by atoms with van der Waals surface area (Å²) >= 11 is 3.33. The van der Waals surface area contributed by atoms with Crippen molar-refractivity contribution in [2.45, 2.75) is 19.5 Å². The lowest BCUT2D eigenvalue weighted by Gasteiger charge is -2.15. The summed E-state index contributed by atoms with van der Waals surface area (Å²) in [4.78, 5) is 7.84. The molecule has 0 radical (unpaired) electrons. The monoisotopic (exact) mass is 466 g/mol. The van der Waals surface area contributed by atoms with E-state index in [1.54, 1.807) is 48.5 Å². The first-order chi connectivity index (χ1) is 13.8. The molecular weight excluding hydrogens is 449 g/mol. The summed E-state index contributed by atoms with van der Waals surface area (Å²) in [5.41, 5.74) is 0.116. The van der Waals surface area contributed by atoms with Gasteiger partial charge in [0.1, 0.15) is 17.1 Å². The van der Waals surface area contributed by atoms with Crippen molar-refractivity contribution < 1.29 is 17.9 Å². The molecule has 0 aliphatic heterocycles. The number of ether oxygens (including phenoxy) is 1. The third-order valence-corrected chi connectivity index (χ3v) is 4.29. The standard InChI is InChI=1S/C20H18BrF3N4O/c1-2-10-29-16-5-3-4-15(11-16)26-18-17(20(22,23)24)12-25-19(28-18)27-14-8-6-13(21)7-9-14/h3-9,11-12H,2,10H2,1H3,(H2,25,26,27,28). The van der Waals surface area contributed by atoms with Gasteiger partial charge in [0, 0.05) is 28.1 Å². The van der Waals surface area contributed by atoms with Gasteiger partial charge in [-0.1, -0.05) is 28.9 Å². The van der Waals surface area contributed by atoms with Gasteiger partial charge in [-0.05, 0) is 42.8 Å². The summed E-state index contributed by atoms with van der Waals surface area (Å²) < 4.78 is 46.7. The fraction of sp³-hybridized carbons (Fsp3) is 0.200. The Morgan fingerprint density at radius 1 is 1.03 bits per heavy atom. The summed E-state index contributed by atoms with van der Waals surface area (Å²) in [5.74, 6) is 0.258. The van der Waals surface area contributed by atoms with Gasteiger partial charge < -0.3 is 15.4 Å². The van der Waals surface area contributed by atoms with Crippen molar-refractivity contribution in [3.05, 3.63) is 64.8 Å². The van der Waals surface area contributed by atoms with E-state index in [0.717, 1.165) is 17.1 Å². The predicted molar refractivity (Wildman–Crippen MR) is 110 cm³/mol. The molecule has 3 aromatic rings. The Labute approximate surface area is 174 Å². The Morgan fingerprint density at radius 2 is 1.79 bits per heavy atom. The summed E-state index contributed by atoms with van der Waals surface area (Å²) in [5, 5.41) is 5.63. The fourth-order valence-electron chi connectivity index (χ4n) is 2.43. The van der Waals surface area contributed by atoms with Crippen molar-refractivity contribution in [3.63, 3.8) is 0 Å². The minimum atomic E-state index is -4.60. The van der Waals surface area contributed by atoms with Crippen LogP contribution in [0.25, 0.3) is 0 Å². The van der Waals surface area contributed by atoms with Crippen LogP contribution in [-0.2, 0) is 6.18 Å². The zero-order chi connectivity index (χ0) is 20.9. The second kappa shape index (κ2) is 9.13. The number of benzene rings is 2. The summed E-state index contributed by atoms with van der Waals surface area (Å²) in [6.45, 7) is 2.49. The van der Waals surface area contributed by atoms with Gasteiger partial charge in [-0.25, -0.2) is 4.98 Å². The lowest BCUT2D eigenvalue weighted by atomic mass is 10.2. The normalized spacial score (nSPS) is 11.2. The molecule has 2 N–H and O–H groups in total. The summed E-state index contributed by atoms with van der Waals surface area (Å²) in [6.07, 6.45) is -3.02. The number of aromatic nitrogens is 2. The molecule has 3 rings (SSSR count). The highest BCUT2D eigenvalue weighted by atomic mass is 79.9. The first-order valence-corrected chi connectivity index (χ1v) is 9.61. The number of anilines is 4. The highest BCUT2D eigenvalue weighted by Gasteiger charge is 2.35. The van der Waals surface area contributed by atoms with E-state index in [4.69, 9.17) is 4.74 Å². The molecule has 0 saturated heterocycles. The minimum absolute atomic E-state index is 0.0428. The molecule has 29 heavy (non-hydrogen) atoms. The van der Waals surface area contributed by atoms with Crippen molar-refractivity contribution in [2.24, 2.45) is 0 Å². The maximum Gasteiger partial charge on any atom is 0.421 e.